The highest BCUT2D eigenvalue weighted by atomic mass is 32.2. The summed E-state index contributed by atoms with van der Waals surface area (Å²) in [4.78, 5) is 10.7. The van der Waals surface area contributed by atoms with Gasteiger partial charge in [-0.1, -0.05) is 30.3 Å². The average Bonchev–Trinajstić information content (AvgIpc) is 2.98. The quantitative estimate of drug-likeness (QED) is 0.875. The lowest BCUT2D eigenvalue weighted by atomic mass is 10.2. The normalized spacial score (nSPS) is 14.2. The van der Waals surface area contributed by atoms with Crippen molar-refractivity contribution in [2.75, 3.05) is 10.8 Å². The summed E-state index contributed by atoms with van der Waals surface area (Å²) in [6.45, 7) is 0.433. The molecule has 0 bridgehead atoms. The van der Waals surface area contributed by atoms with Gasteiger partial charge in [-0.25, -0.2) is 13.2 Å². The molecule has 23 heavy (non-hydrogen) atoms. The fraction of sp³-hybridized carbons (Fsp3) is 0.118. The average molecular weight is 329 g/mol. The molecule has 2 aromatic rings. The second-order valence-electron chi connectivity index (χ2n) is 5.20. The number of carbonyl (C=O) groups is 1. The molecule has 0 aliphatic carbocycles. The Labute approximate surface area is 134 Å². The van der Waals surface area contributed by atoms with Gasteiger partial charge in [-0.3, -0.25) is 4.31 Å². The van der Waals surface area contributed by atoms with Gasteiger partial charge < -0.3 is 5.11 Å². The van der Waals surface area contributed by atoms with Gasteiger partial charge in [0, 0.05) is 12.6 Å². The zero-order valence-electron chi connectivity index (χ0n) is 12.2. The lowest BCUT2D eigenvalue weighted by molar-refractivity contribution is -0.131. The van der Waals surface area contributed by atoms with E-state index in [4.69, 9.17) is 5.11 Å². The first kappa shape index (κ1) is 15.3. The molecule has 0 unspecified atom stereocenters. The molecule has 1 heterocycles. The van der Waals surface area contributed by atoms with Gasteiger partial charge in [-0.15, -0.1) is 0 Å². The lowest BCUT2D eigenvalue weighted by Crippen LogP contribution is -2.29. The number of hydrogen-bond acceptors (Lipinski definition) is 3. The maximum Gasteiger partial charge on any atom is 0.328 e. The molecule has 0 aromatic heterocycles. The van der Waals surface area contributed by atoms with Crippen LogP contribution in [0.2, 0.25) is 0 Å². The van der Waals surface area contributed by atoms with Gasteiger partial charge in [0.25, 0.3) is 10.0 Å². The first-order chi connectivity index (χ1) is 11.0. The number of anilines is 1. The molecular formula is C17H15NO4S. The molecule has 6 heteroatoms. The molecule has 2 aromatic carbocycles. The van der Waals surface area contributed by atoms with Crippen LogP contribution in [0.1, 0.15) is 11.1 Å². The molecule has 3 rings (SSSR count). The predicted molar refractivity (Wildman–Crippen MR) is 87.8 cm³/mol. The van der Waals surface area contributed by atoms with E-state index in [1.54, 1.807) is 12.1 Å². The van der Waals surface area contributed by atoms with Gasteiger partial charge in [0.2, 0.25) is 0 Å². The molecular weight excluding hydrogens is 314 g/mol. The zero-order chi connectivity index (χ0) is 16.4. The van der Waals surface area contributed by atoms with Crippen molar-refractivity contribution < 1.29 is 18.3 Å². The molecule has 0 fully saturated rings. The van der Waals surface area contributed by atoms with Crippen LogP contribution >= 0.6 is 0 Å². The Hall–Kier alpha value is -2.60. The Balaban J connectivity index is 1.91. The summed E-state index contributed by atoms with van der Waals surface area (Å²) in [5.41, 5.74) is 2.38. The molecule has 0 atom stereocenters. The number of benzene rings is 2. The summed E-state index contributed by atoms with van der Waals surface area (Å²) >= 11 is 0. The highest BCUT2D eigenvalue weighted by Gasteiger charge is 2.30. The first-order valence-electron chi connectivity index (χ1n) is 7.10. The molecule has 0 saturated carbocycles. The second kappa shape index (κ2) is 5.89. The third-order valence-corrected chi connectivity index (χ3v) is 5.56. The van der Waals surface area contributed by atoms with Crippen LogP contribution in [-0.2, 0) is 21.2 Å². The van der Waals surface area contributed by atoms with Gasteiger partial charge in [-0.05, 0) is 41.8 Å². The second-order valence-corrected chi connectivity index (χ2v) is 7.06. The lowest BCUT2D eigenvalue weighted by Gasteiger charge is -2.19. The Morgan fingerprint density at radius 2 is 1.78 bits per heavy atom. The summed E-state index contributed by atoms with van der Waals surface area (Å²) in [7, 11) is -3.61. The Bertz CT molecular complexity index is 870. The molecule has 1 aliphatic heterocycles. The Morgan fingerprint density at radius 3 is 2.48 bits per heavy atom. The molecule has 0 radical (unpaired) electrons. The van der Waals surface area contributed by atoms with Gasteiger partial charge >= 0.3 is 5.97 Å². The van der Waals surface area contributed by atoms with Crippen molar-refractivity contribution in [1.29, 1.82) is 0 Å². The van der Waals surface area contributed by atoms with E-state index in [0.29, 0.717) is 18.5 Å². The van der Waals surface area contributed by atoms with E-state index >= 15 is 0 Å². The molecule has 118 valence electrons. The topological polar surface area (TPSA) is 74.7 Å². The summed E-state index contributed by atoms with van der Waals surface area (Å²) < 4.78 is 27.0. The maximum absolute atomic E-state index is 12.8. The van der Waals surface area contributed by atoms with Crippen LogP contribution in [0, 0.1) is 0 Å². The Morgan fingerprint density at radius 1 is 1.09 bits per heavy atom. The predicted octanol–water partition coefficient (Wildman–Crippen LogP) is 2.54. The van der Waals surface area contributed by atoms with Gasteiger partial charge in [-0.2, -0.15) is 0 Å². The van der Waals surface area contributed by atoms with E-state index in [1.807, 2.05) is 24.3 Å². The molecule has 0 spiro atoms. The minimum Gasteiger partial charge on any atom is -0.478 e. The third-order valence-electron chi connectivity index (χ3n) is 3.73. The highest BCUT2D eigenvalue weighted by molar-refractivity contribution is 7.92. The fourth-order valence-corrected chi connectivity index (χ4v) is 4.11. The van der Waals surface area contributed by atoms with Crippen molar-refractivity contribution in [2.24, 2.45) is 0 Å². The third kappa shape index (κ3) is 2.98. The number of para-hydroxylation sites is 1. The van der Waals surface area contributed by atoms with Crippen molar-refractivity contribution >= 4 is 27.8 Å². The fourth-order valence-electron chi connectivity index (χ4n) is 2.60. The number of rotatable bonds is 4. The van der Waals surface area contributed by atoms with E-state index in [1.165, 1.54) is 22.5 Å². The molecule has 5 nitrogen and oxygen atoms in total. The van der Waals surface area contributed by atoms with Gasteiger partial charge in [0.05, 0.1) is 10.6 Å². The van der Waals surface area contributed by atoms with E-state index in [-0.39, 0.29) is 4.90 Å². The highest BCUT2D eigenvalue weighted by Crippen LogP contribution is 2.32. The van der Waals surface area contributed by atoms with Crippen molar-refractivity contribution in [3.8, 4) is 0 Å². The smallest absolute Gasteiger partial charge is 0.328 e. The first-order valence-corrected chi connectivity index (χ1v) is 8.54. The van der Waals surface area contributed by atoms with Crippen LogP contribution < -0.4 is 4.31 Å². The largest absolute Gasteiger partial charge is 0.478 e. The van der Waals surface area contributed by atoms with E-state index < -0.39 is 16.0 Å². The van der Waals surface area contributed by atoms with Crippen LogP contribution in [0.4, 0.5) is 5.69 Å². The zero-order valence-corrected chi connectivity index (χ0v) is 13.0. The van der Waals surface area contributed by atoms with Gasteiger partial charge in [0.15, 0.2) is 0 Å². The number of fused-ring (bicyclic) bond motifs is 1. The monoisotopic (exact) mass is 329 g/mol. The van der Waals surface area contributed by atoms with Crippen LogP contribution in [0.15, 0.2) is 59.5 Å². The van der Waals surface area contributed by atoms with Crippen molar-refractivity contribution in [1.82, 2.24) is 0 Å². The number of nitrogens with zero attached hydrogens (tertiary/aromatic N) is 1. The maximum atomic E-state index is 12.8. The standard InChI is InChI=1S/C17H15NO4S/c19-17(20)10-7-13-5-8-15(9-6-13)23(21,22)18-12-11-14-3-1-2-4-16(14)18/h1-10H,11-12H2,(H,19,20)/b10-7+. The van der Waals surface area contributed by atoms with Crippen LogP contribution in [-0.4, -0.2) is 26.0 Å². The van der Waals surface area contributed by atoms with Crippen molar-refractivity contribution in [3.05, 3.63) is 65.7 Å². The van der Waals surface area contributed by atoms with E-state index in [2.05, 4.69) is 0 Å². The van der Waals surface area contributed by atoms with Crippen LogP contribution in [0.5, 0.6) is 0 Å². The number of sulfonamides is 1. The van der Waals surface area contributed by atoms with Crippen molar-refractivity contribution in [3.63, 3.8) is 0 Å². The van der Waals surface area contributed by atoms with Gasteiger partial charge in [0.1, 0.15) is 0 Å². The minimum atomic E-state index is -3.61. The number of carboxylic acid groups (broad SMARTS) is 1. The summed E-state index contributed by atoms with van der Waals surface area (Å²) in [5, 5.41) is 8.61. The van der Waals surface area contributed by atoms with E-state index in [9.17, 15) is 13.2 Å². The molecule has 1 aliphatic rings. The summed E-state index contributed by atoms with van der Waals surface area (Å²) in [6, 6.07) is 13.7. The number of hydrogen-bond donors (Lipinski definition) is 1. The van der Waals surface area contributed by atoms with E-state index in [0.717, 1.165) is 17.3 Å². The van der Waals surface area contributed by atoms with Crippen LogP contribution in [0.3, 0.4) is 0 Å². The Kier molecular flexibility index (Phi) is 3.92. The molecule has 0 saturated heterocycles. The number of carboxylic acids is 1. The van der Waals surface area contributed by atoms with Crippen LogP contribution in [0.25, 0.3) is 6.08 Å². The number of aliphatic carboxylic acids is 1. The summed E-state index contributed by atoms with van der Waals surface area (Å²) in [5.74, 6) is -1.05. The molecule has 1 N–H and O–H groups in total. The summed E-state index contributed by atoms with van der Waals surface area (Å²) in [6.07, 6.45) is 3.14. The SMILES string of the molecule is O=C(O)/C=C/c1ccc(S(=O)(=O)N2CCc3ccccc32)cc1. The molecule has 0 amide bonds. The van der Waals surface area contributed by atoms with Crippen molar-refractivity contribution in [2.45, 2.75) is 11.3 Å². The minimum absolute atomic E-state index is 0.196.